The number of fused-ring (bicyclic) bond motifs is 1. The molecule has 5 heteroatoms. The third-order valence-electron chi connectivity index (χ3n) is 3.36. The molecule has 3 heterocycles. The minimum atomic E-state index is -0.357. The largest absolute Gasteiger partial charge is 0.465 e. The van der Waals surface area contributed by atoms with E-state index < -0.39 is 0 Å². The highest BCUT2D eigenvalue weighted by Gasteiger charge is 2.23. The predicted octanol–water partition coefficient (Wildman–Crippen LogP) is 1.70. The standard InChI is InChI=1S/C14H15NO4/c1-17-14(16)11-6-10-7-19-8-12(10)15-13(11)9-2-4-18-5-3-9/h2,6H,3-5,7-8H2,1H3. The van der Waals surface area contributed by atoms with Gasteiger partial charge in [0.25, 0.3) is 0 Å². The molecule has 0 fully saturated rings. The minimum absolute atomic E-state index is 0.357. The Morgan fingerprint density at radius 2 is 2.26 bits per heavy atom. The Labute approximate surface area is 111 Å². The van der Waals surface area contributed by atoms with E-state index in [1.807, 2.05) is 12.1 Å². The van der Waals surface area contributed by atoms with Gasteiger partial charge in [-0.25, -0.2) is 9.78 Å². The number of rotatable bonds is 2. The fourth-order valence-corrected chi connectivity index (χ4v) is 2.35. The Morgan fingerprint density at radius 3 is 3.00 bits per heavy atom. The quantitative estimate of drug-likeness (QED) is 0.758. The highest BCUT2D eigenvalue weighted by molar-refractivity contribution is 5.95. The van der Waals surface area contributed by atoms with Crippen molar-refractivity contribution in [3.63, 3.8) is 0 Å². The SMILES string of the molecule is COC(=O)c1cc2c(nc1C1=CCOCC1)COC2. The number of methoxy groups -OCH3 is 1. The molecular formula is C14H15NO4. The summed E-state index contributed by atoms with van der Waals surface area (Å²) in [7, 11) is 1.38. The van der Waals surface area contributed by atoms with E-state index >= 15 is 0 Å². The van der Waals surface area contributed by atoms with Crippen LogP contribution in [0.2, 0.25) is 0 Å². The van der Waals surface area contributed by atoms with E-state index in [0.29, 0.717) is 37.7 Å². The number of aromatic nitrogens is 1. The summed E-state index contributed by atoms with van der Waals surface area (Å²) in [4.78, 5) is 16.5. The smallest absolute Gasteiger partial charge is 0.340 e. The normalized spacial score (nSPS) is 17.8. The van der Waals surface area contributed by atoms with E-state index in [9.17, 15) is 4.79 Å². The van der Waals surface area contributed by atoms with Crippen LogP contribution in [0.15, 0.2) is 12.1 Å². The monoisotopic (exact) mass is 261 g/mol. The average Bonchev–Trinajstić information content (AvgIpc) is 2.93. The second-order valence-electron chi connectivity index (χ2n) is 4.53. The first-order valence-electron chi connectivity index (χ1n) is 6.25. The molecule has 5 nitrogen and oxygen atoms in total. The number of carbonyl (C=O) groups is 1. The lowest BCUT2D eigenvalue weighted by atomic mass is 10.00. The maximum Gasteiger partial charge on any atom is 0.340 e. The van der Waals surface area contributed by atoms with Gasteiger partial charge in [0.1, 0.15) is 0 Å². The van der Waals surface area contributed by atoms with Gasteiger partial charge in [-0.3, -0.25) is 0 Å². The molecule has 100 valence electrons. The predicted molar refractivity (Wildman–Crippen MR) is 67.5 cm³/mol. The van der Waals surface area contributed by atoms with Crippen LogP contribution in [0, 0.1) is 0 Å². The van der Waals surface area contributed by atoms with Gasteiger partial charge in [-0.15, -0.1) is 0 Å². The van der Waals surface area contributed by atoms with Gasteiger partial charge in [0.2, 0.25) is 0 Å². The molecule has 1 aromatic rings. The number of nitrogens with zero attached hydrogens (tertiary/aromatic N) is 1. The van der Waals surface area contributed by atoms with Crippen LogP contribution >= 0.6 is 0 Å². The third-order valence-corrected chi connectivity index (χ3v) is 3.36. The highest BCUT2D eigenvalue weighted by atomic mass is 16.5. The van der Waals surface area contributed by atoms with Gasteiger partial charge < -0.3 is 14.2 Å². The third kappa shape index (κ3) is 2.27. The van der Waals surface area contributed by atoms with Crippen molar-refractivity contribution in [2.24, 2.45) is 0 Å². The highest BCUT2D eigenvalue weighted by Crippen LogP contribution is 2.28. The van der Waals surface area contributed by atoms with Crippen LogP contribution in [0.1, 0.15) is 33.7 Å². The van der Waals surface area contributed by atoms with Crippen molar-refractivity contribution in [1.29, 1.82) is 0 Å². The van der Waals surface area contributed by atoms with Crippen LogP contribution < -0.4 is 0 Å². The van der Waals surface area contributed by atoms with Crippen molar-refractivity contribution in [3.05, 3.63) is 34.7 Å². The van der Waals surface area contributed by atoms with Gasteiger partial charge in [-0.05, 0) is 18.1 Å². The average molecular weight is 261 g/mol. The summed E-state index contributed by atoms with van der Waals surface area (Å²) >= 11 is 0. The van der Waals surface area contributed by atoms with Crippen molar-refractivity contribution >= 4 is 11.5 Å². The summed E-state index contributed by atoms with van der Waals surface area (Å²) in [5.41, 5.74) is 4.15. The Bertz CT molecular complexity index is 551. The number of esters is 1. The van der Waals surface area contributed by atoms with E-state index in [-0.39, 0.29) is 5.97 Å². The maximum atomic E-state index is 11.9. The topological polar surface area (TPSA) is 57.7 Å². The van der Waals surface area contributed by atoms with E-state index in [1.165, 1.54) is 7.11 Å². The molecule has 0 radical (unpaired) electrons. The van der Waals surface area contributed by atoms with Gasteiger partial charge >= 0.3 is 5.97 Å². The van der Waals surface area contributed by atoms with Gasteiger partial charge in [-0.2, -0.15) is 0 Å². The number of hydrogen-bond donors (Lipinski definition) is 0. The molecule has 3 rings (SSSR count). The zero-order valence-corrected chi connectivity index (χ0v) is 10.8. The number of carbonyl (C=O) groups excluding carboxylic acids is 1. The molecule has 19 heavy (non-hydrogen) atoms. The van der Waals surface area contributed by atoms with Gasteiger partial charge in [0, 0.05) is 5.56 Å². The molecule has 0 spiro atoms. The molecule has 2 aliphatic rings. The molecular weight excluding hydrogens is 246 g/mol. The maximum absolute atomic E-state index is 11.9. The van der Waals surface area contributed by atoms with Crippen LogP contribution in [0.4, 0.5) is 0 Å². The second-order valence-corrected chi connectivity index (χ2v) is 4.53. The van der Waals surface area contributed by atoms with E-state index in [4.69, 9.17) is 14.2 Å². The van der Waals surface area contributed by atoms with Crippen molar-refractivity contribution in [3.8, 4) is 0 Å². The van der Waals surface area contributed by atoms with Gasteiger partial charge in [0.15, 0.2) is 0 Å². The Hall–Kier alpha value is -1.72. The molecule has 0 amide bonds. The molecule has 2 aliphatic heterocycles. The van der Waals surface area contributed by atoms with E-state index in [2.05, 4.69) is 4.98 Å². The van der Waals surface area contributed by atoms with Crippen molar-refractivity contribution in [1.82, 2.24) is 4.98 Å². The van der Waals surface area contributed by atoms with Crippen LogP contribution in [0.25, 0.3) is 5.57 Å². The molecule has 0 unspecified atom stereocenters. The first-order valence-corrected chi connectivity index (χ1v) is 6.25. The number of hydrogen-bond acceptors (Lipinski definition) is 5. The Balaban J connectivity index is 2.10. The number of ether oxygens (including phenoxy) is 3. The molecule has 0 aromatic carbocycles. The summed E-state index contributed by atoms with van der Waals surface area (Å²) in [5.74, 6) is -0.357. The van der Waals surface area contributed by atoms with Gasteiger partial charge in [-0.1, -0.05) is 6.08 Å². The Kier molecular flexibility index (Phi) is 3.31. The molecule has 0 bridgehead atoms. The molecule has 0 saturated carbocycles. The lowest BCUT2D eigenvalue weighted by Crippen LogP contribution is -2.12. The van der Waals surface area contributed by atoms with E-state index in [1.54, 1.807) is 0 Å². The number of pyridine rings is 1. The molecule has 0 atom stereocenters. The summed E-state index contributed by atoms with van der Waals surface area (Å²) in [6.07, 6.45) is 2.73. The molecule has 0 N–H and O–H groups in total. The summed E-state index contributed by atoms with van der Waals surface area (Å²) < 4.78 is 15.5. The fraction of sp³-hybridized carbons (Fsp3) is 0.429. The zero-order chi connectivity index (χ0) is 13.2. The lowest BCUT2D eigenvalue weighted by molar-refractivity contribution is 0.0599. The summed E-state index contributed by atoms with van der Waals surface area (Å²) in [5, 5.41) is 0. The Morgan fingerprint density at radius 1 is 1.37 bits per heavy atom. The first-order chi connectivity index (χ1) is 9.29. The van der Waals surface area contributed by atoms with E-state index in [0.717, 1.165) is 23.3 Å². The molecule has 0 saturated heterocycles. The van der Waals surface area contributed by atoms with Crippen molar-refractivity contribution in [2.75, 3.05) is 20.3 Å². The van der Waals surface area contributed by atoms with Crippen molar-refractivity contribution in [2.45, 2.75) is 19.6 Å². The summed E-state index contributed by atoms with van der Waals surface area (Å²) in [6.45, 7) is 2.23. The zero-order valence-electron chi connectivity index (χ0n) is 10.8. The minimum Gasteiger partial charge on any atom is -0.465 e. The van der Waals surface area contributed by atoms with Crippen LogP contribution in [-0.4, -0.2) is 31.3 Å². The fourth-order valence-electron chi connectivity index (χ4n) is 2.35. The molecule has 0 aliphatic carbocycles. The lowest BCUT2D eigenvalue weighted by Gasteiger charge is -2.16. The van der Waals surface area contributed by atoms with Crippen LogP contribution in [0.5, 0.6) is 0 Å². The second kappa shape index (κ2) is 5.11. The summed E-state index contributed by atoms with van der Waals surface area (Å²) in [6, 6.07) is 1.84. The molecule has 1 aromatic heterocycles. The van der Waals surface area contributed by atoms with Gasteiger partial charge in [0.05, 0.1) is 50.5 Å². The van der Waals surface area contributed by atoms with Crippen LogP contribution in [0.3, 0.4) is 0 Å². The first kappa shape index (κ1) is 12.3. The van der Waals surface area contributed by atoms with Crippen LogP contribution in [-0.2, 0) is 27.4 Å². The van der Waals surface area contributed by atoms with Crippen molar-refractivity contribution < 1.29 is 19.0 Å².